The number of benzene rings is 14. The molecule has 0 atom stereocenters. The highest BCUT2D eigenvalue weighted by molar-refractivity contribution is 6.13. The minimum Gasteiger partial charge on any atom is -0.313 e. The first-order valence-corrected chi connectivity index (χ1v) is 32.6. The second-order valence-electron chi connectivity index (χ2n) is 26.7. The van der Waals surface area contributed by atoms with Gasteiger partial charge in [0.05, 0.1) is 16.7 Å². The predicted molar refractivity (Wildman–Crippen MR) is 387 cm³/mol. The lowest BCUT2D eigenvalue weighted by molar-refractivity contribution is -0.137. The Kier molecular flexibility index (Phi) is 15.2. The van der Waals surface area contributed by atoms with Crippen molar-refractivity contribution >= 4 is 81.6 Å². The number of hydrogen-bond donors (Lipinski definition) is 0. The van der Waals surface area contributed by atoms with E-state index in [-0.39, 0.29) is 16.2 Å². The number of aryl methyl sites for hydroxylation is 4. The lowest BCUT2D eigenvalue weighted by Gasteiger charge is -2.42. The minimum atomic E-state index is -4.53. The number of anilines is 2. The summed E-state index contributed by atoms with van der Waals surface area (Å²) < 4.78 is 130. The second-order valence-corrected chi connectivity index (χ2v) is 26.7. The number of nitrogens with zero attached hydrogens (tertiary/aromatic N) is 1. The predicted octanol–water partition coefficient (Wildman–Crippen LogP) is 27.2. The molecule has 14 aromatic carbocycles. The van der Waals surface area contributed by atoms with E-state index in [0.29, 0.717) is 39.3 Å². The molecule has 1 aliphatic rings. The molecule has 1 aliphatic carbocycles. The number of halogens is 9. The molecule has 0 saturated heterocycles. The molecule has 14 aromatic rings. The molecule has 0 bridgehead atoms. The van der Waals surface area contributed by atoms with Gasteiger partial charge in [-0.1, -0.05) is 214 Å². The Morgan fingerprint density at radius 3 is 0.796 bits per heavy atom. The van der Waals surface area contributed by atoms with Crippen molar-refractivity contribution in [3.63, 3.8) is 0 Å². The Bertz CT molecular complexity index is 5480. The molecular formula is C88H64F9N. The van der Waals surface area contributed by atoms with Gasteiger partial charge < -0.3 is 4.90 Å². The number of rotatable bonds is 9. The zero-order chi connectivity index (χ0) is 68.5. The highest BCUT2D eigenvalue weighted by Gasteiger charge is 2.39. The summed E-state index contributed by atoms with van der Waals surface area (Å²) in [7, 11) is 0. The zero-order valence-corrected chi connectivity index (χ0v) is 54.7. The van der Waals surface area contributed by atoms with E-state index in [9.17, 15) is 39.5 Å². The van der Waals surface area contributed by atoms with Gasteiger partial charge in [-0.3, -0.25) is 0 Å². The van der Waals surface area contributed by atoms with Crippen LogP contribution >= 0.6 is 0 Å². The van der Waals surface area contributed by atoms with E-state index in [2.05, 4.69) is 120 Å². The lowest BCUT2D eigenvalue weighted by atomic mass is 9.73. The van der Waals surface area contributed by atoms with Crippen LogP contribution in [0.25, 0.3) is 126 Å². The number of alkyl halides is 9. The van der Waals surface area contributed by atoms with Gasteiger partial charge in [0.25, 0.3) is 0 Å². The summed E-state index contributed by atoms with van der Waals surface area (Å²) in [5, 5.41) is 7.60. The van der Waals surface area contributed by atoms with Crippen molar-refractivity contribution in [2.24, 2.45) is 5.41 Å². The van der Waals surface area contributed by atoms with Gasteiger partial charge in [-0.05, 0) is 249 Å². The molecule has 98 heavy (non-hydrogen) atoms. The average molecular weight is 1310 g/mol. The van der Waals surface area contributed by atoms with E-state index in [1.54, 1.807) is 72.8 Å². The van der Waals surface area contributed by atoms with Gasteiger partial charge in [-0.25, -0.2) is 0 Å². The Balaban J connectivity index is 0.891. The Hall–Kier alpha value is -10.7. The van der Waals surface area contributed by atoms with Gasteiger partial charge in [0.1, 0.15) is 0 Å². The van der Waals surface area contributed by atoms with Gasteiger partial charge >= 0.3 is 18.5 Å². The maximum Gasteiger partial charge on any atom is 0.417 e. The molecule has 0 amide bonds. The molecule has 15 rings (SSSR count). The maximum absolute atomic E-state index is 14.4. The summed E-state index contributed by atoms with van der Waals surface area (Å²) in [6.45, 7) is 15.2. The molecule has 0 aromatic heterocycles. The van der Waals surface area contributed by atoms with E-state index >= 15 is 0 Å². The van der Waals surface area contributed by atoms with Gasteiger partial charge in [-0.15, -0.1) is 0 Å². The quantitative estimate of drug-likeness (QED) is 0.130. The molecule has 1 nitrogen and oxygen atoms in total. The summed E-state index contributed by atoms with van der Waals surface area (Å²) in [6, 6.07) is 74.1. The Morgan fingerprint density at radius 1 is 0.276 bits per heavy atom. The van der Waals surface area contributed by atoms with Crippen molar-refractivity contribution in [1.82, 2.24) is 0 Å². The number of fused-ring (bicyclic) bond motifs is 6. The fourth-order valence-electron chi connectivity index (χ4n) is 15.6. The molecule has 10 heteroatoms. The highest BCUT2D eigenvalue weighted by atomic mass is 19.4. The second kappa shape index (κ2) is 23.5. The third-order valence-electron chi connectivity index (χ3n) is 20.2. The van der Waals surface area contributed by atoms with E-state index in [0.717, 1.165) is 127 Å². The summed E-state index contributed by atoms with van der Waals surface area (Å²) >= 11 is 0. The van der Waals surface area contributed by atoms with Crippen molar-refractivity contribution in [3.05, 3.63) is 305 Å². The molecular weight excluding hydrogens is 1240 g/mol. The van der Waals surface area contributed by atoms with Gasteiger partial charge in [0, 0.05) is 22.5 Å². The van der Waals surface area contributed by atoms with Crippen LogP contribution in [0.15, 0.2) is 260 Å². The van der Waals surface area contributed by atoms with Crippen LogP contribution in [0.1, 0.15) is 71.7 Å². The van der Waals surface area contributed by atoms with E-state index in [1.807, 2.05) is 72.8 Å². The summed E-state index contributed by atoms with van der Waals surface area (Å²) in [5.41, 5.74) is 16.2. The first kappa shape index (κ1) is 63.4. The Morgan fingerprint density at radius 2 is 0.510 bits per heavy atom. The summed E-state index contributed by atoms with van der Waals surface area (Å²) in [6.07, 6.45) is -10.7. The molecule has 0 aliphatic heterocycles. The third kappa shape index (κ3) is 10.7. The van der Waals surface area contributed by atoms with Crippen LogP contribution in [0.4, 0.5) is 50.9 Å². The fraction of sp³-hybridized carbons (Fsp3) is 0.136. The highest BCUT2D eigenvalue weighted by Crippen LogP contribution is 2.54. The molecule has 0 spiro atoms. The van der Waals surface area contributed by atoms with E-state index in [1.165, 1.54) is 36.4 Å². The molecule has 0 heterocycles. The molecule has 484 valence electrons. The topological polar surface area (TPSA) is 3.24 Å². The van der Waals surface area contributed by atoms with Crippen LogP contribution in [0.3, 0.4) is 0 Å². The third-order valence-corrected chi connectivity index (χ3v) is 20.2. The van der Waals surface area contributed by atoms with Crippen molar-refractivity contribution in [2.75, 3.05) is 4.90 Å². The summed E-state index contributed by atoms with van der Waals surface area (Å²) in [4.78, 5) is 2.42. The minimum absolute atomic E-state index is 0.141. The molecule has 0 saturated carbocycles. The van der Waals surface area contributed by atoms with Crippen LogP contribution < -0.4 is 4.90 Å². The van der Waals surface area contributed by atoms with Crippen LogP contribution in [0.5, 0.6) is 0 Å². The van der Waals surface area contributed by atoms with Crippen molar-refractivity contribution in [2.45, 2.75) is 73.4 Å². The first-order valence-electron chi connectivity index (χ1n) is 32.6. The van der Waals surface area contributed by atoms with Crippen LogP contribution in [-0.2, 0) is 18.5 Å². The van der Waals surface area contributed by atoms with Crippen molar-refractivity contribution < 1.29 is 39.5 Å². The smallest absolute Gasteiger partial charge is 0.313 e. The lowest BCUT2D eigenvalue weighted by Crippen LogP contribution is -2.32. The largest absolute Gasteiger partial charge is 0.417 e. The van der Waals surface area contributed by atoms with Gasteiger partial charge in [0.2, 0.25) is 0 Å². The fourth-order valence-corrected chi connectivity index (χ4v) is 15.6. The average Bonchev–Trinajstić information content (AvgIpc) is 0.745. The van der Waals surface area contributed by atoms with Crippen molar-refractivity contribution in [1.29, 1.82) is 0 Å². The van der Waals surface area contributed by atoms with Crippen LogP contribution in [-0.4, -0.2) is 0 Å². The number of hydrogen-bond acceptors (Lipinski definition) is 1. The van der Waals surface area contributed by atoms with Gasteiger partial charge in [0.15, 0.2) is 0 Å². The SMILES string of the molecule is CC1=C(c2ccc(-c3ccc(C(F)(F)F)c4ccccc34)c3ccccc23)CC(C)(C)C(N(c2cc(C)c(-c3ccc(-c4ccc(C(F)(F)F)c5ccccc45)c4ccccc34)cc2C)c2cc(C)c(-c3ccc(-c4ccc(C(F)(F)F)c5ccccc45)c4ccccc34)cc2C)=C1. The number of allylic oxidation sites excluding steroid dienone is 4. The van der Waals surface area contributed by atoms with Crippen LogP contribution in [0.2, 0.25) is 0 Å². The monoisotopic (exact) mass is 1310 g/mol. The normalized spacial score (nSPS) is 13.8. The zero-order valence-electron chi connectivity index (χ0n) is 54.7. The molecule has 0 unspecified atom stereocenters. The van der Waals surface area contributed by atoms with E-state index < -0.39 is 40.6 Å². The molecule has 0 radical (unpaired) electrons. The maximum atomic E-state index is 14.4. The first-order chi connectivity index (χ1) is 46.9. The van der Waals surface area contributed by atoms with Crippen LogP contribution in [0, 0.1) is 33.1 Å². The van der Waals surface area contributed by atoms with Gasteiger partial charge in [-0.2, -0.15) is 39.5 Å². The Labute approximate surface area is 562 Å². The van der Waals surface area contributed by atoms with E-state index in [4.69, 9.17) is 0 Å². The summed E-state index contributed by atoms with van der Waals surface area (Å²) in [5.74, 6) is 0. The molecule has 0 N–H and O–H groups in total. The molecule has 0 fully saturated rings. The standard InChI is InChI=1S/C88H64F9N/c1-50-46-82(53(4)44-76(50)70-35-32-64(55-20-8-11-23-58(55)70)67-38-41-79(86(89,90)91)73-29-17-14-26-61(67)73)98(83-47-51(2)77(45-54(83)5)71-36-33-65(56-21-9-12-24-59(56)71)68-39-42-80(87(92,93)94)74-30-18-15-27-62(68)74)84-48-52(3)78(49-85(84,6)7)72-37-34-66(57-22-10-13-25-60(57)72)69-40-43-81(88(95,96)97)75-31-19-16-28-63(69)75/h8-48H,49H2,1-7H3. The van der Waals surface area contributed by atoms with Crippen molar-refractivity contribution in [3.8, 4) is 55.6 Å².